The number of alkyl halides is 4. The highest BCUT2D eigenvalue weighted by Gasteiger charge is 2.44. The second-order valence-electron chi connectivity index (χ2n) is 4.99. The van der Waals surface area contributed by atoms with Gasteiger partial charge in [0.2, 0.25) is 0 Å². The first-order valence-corrected chi connectivity index (χ1v) is 6.95. The standard InChI is InChI=1S/C14H18F4N2O2/c15-13(16)14(17,18)22-12-4-2-1-3-10(12)11(9-21)20-7-5-19-6-8-20/h1-4,11,13,19,21H,5-9H2/t11-/m0/s1. The minimum atomic E-state index is -4.57. The summed E-state index contributed by atoms with van der Waals surface area (Å²) in [5, 5.41) is 12.7. The summed E-state index contributed by atoms with van der Waals surface area (Å²) in [7, 11) is 0. The van der Waals surface area contributed by atoms with E-state index in [0.29, 0.717) is 26.2 Å². The average molecular weight is 322 g/mol. The van der Waals surface area contributed by atoms with Crippen molar-refractivity contribution in [3.63, 3.8) is 0 Å². The molecular weight excluding hydrogens is 304 g/mol. The van der Waals surface area contributed by atoms with Gasteiger partial charge < -0.3 is 15.2 Å². The summed E-state index contributed by atoms with van der Waals surface area (Å²) >= 11 is 0. The SMILES string of the molecule is OC[C@@H](c1ccccc1OC(F)(F)C(F)F)N1CCNCC1. The zero-order chi connectivity index (χ0) is 16.2. The minimum Gasteiger partial charge on any atom is -0.428 e. The van der Waals surface area contributed by atoms with Crippen molar-refractivity contribution in [2.75, 3.05) is 32.8 Å². The molecule has 124 valence electrons. The molecule has 1 heterocycles. The maximum Gasteiger partial charge on any atom is 0.461 e. The lowest BCUT2D eigenvalue weighted by molar-refractivity contribution is -0.253. The number of nitrogens with zero attached hydrogens (tertiary/aromatic N) is 1. The number of ether oxygens (including phenoxy) is 1. The molecule has 1 aromatic carbocycles. The largest absolute Gasteiger partial charge is 0.461 e. The average Bonchev–Trinajstić information content (AvgIpc) is 2.50. The number of nitrogens with one attached hydrogen (secondary N) is 1. The highest BCUT2D eigenvalue weighted by molar-refractivity contribution is 5.36. The van der Waals surface area contributed by atoms with Crippen LogP contribution in [0.1, 0.15) is 11.6 Å². The van der Waals surface area contributed by atoms with Gasteiger partial charge in [0.1, 0.15) is 5.75 Å². The first-order valence-electron chi connectivity index (χ1n) is 6.95. The van der Waals surface area contributed by atoms with Crippen molar-refractivity contribution in [3.8, 4) is 5.75 Å². The third kappa shape index (κ3) is 3.88. The number of aliphatic hydroxyl groups excluding tert-OH is 1. The van der Waals surface area contributed by atoms with Crippen LogP contribution in [-0.2, 0) is 0 Å². The van der Waals surface area contributed by atoms with Crippen LogP contribution in [0.3, 0.4) is 0 Å². The second kappa shape index (κ2) is 7.26. The molecule has 2 N–H and O–H groups in total. The van der Waals surface area contributed by atoms with Crippen LogP contribution in [-0.4, -0.2) is 55.3 Å². The molecule has 1 aliphatic rings. The van der Waals surface area contributed by atoms with Gasteiger partial charge in [-0.3, -0.25) is 4.90 Å². The quantitative estimate of drug-likeness (QED) is 0.785. The maximum atomic E-state index is 13.2. The van der Waals surface area contributed by atoms with E-state index in [0.717, 1.165) is 0 Å². The summed E-state index contributed by atoms with van der Waals surface area (Å²) in [6.45, 7) is 2.32. The fourth-order valence-electron chi connectivity index (χ4n) is 2.44. The molecule has 0 aromatic heterocycles. The predicted molar refractivity (Wildman–Crippen MR) is 72.3 cm³/mol. The molecule has 1 fully saturated rings. The highest BCUT2D eigenvalue weighted by Crippen LogP contribution is 2.34. The molecular formula is C14H18F4N2O2. The van der Waals surface area contributed by atoms with Crippen LogP contribution in [0.2, 0.25) is 0 Å². The van der Waals surface area contributed by atoms with E-state index in [4.69, 9.17) is 0 Å². The first-order chi connectivity index (χ1) is 10.5. The lowest BCUT2D eigenvalue weighted by Gasteiger charge is -2.35. The number of piperazine rings is 1. The monoisotopic (exact) mass is 322 g/mol. The Morgan fingerprint density at radius 1 is 1.23 bits per heavy atom. The van der Waals surface area contributed by atoms with Crippen LogP contribution < -0.4 is 10.1 Å². The summed E-state index contributed by atoms with van der Waals surface area (Å²) in [5.41, 5.74) is 0.271. The third-order valence-corrected chi connectivity index (χ3v) is 3.54. The van der Waals surface area contributed by atoms with Crippen molar-refractivity contribution in [3.05, 3.63) is 29.8 Å². The van der Waals surface area contributed by atoms with Crippen molar-refractivity contribution in [2.24, 2.45) is 0 Å². The van der Waals surface area contributed by atoms with E-state index < -0.39 is 18.6 Å². The molecule has 8 heteroatoms. The number of benzene rings is 1. The molecule has 1 saturated heterocycles. The molecule has 1 aliphatic heterocycles. The van der Waals surface area contributed by atoms with E-state index in [-0.39, 0.29) is 17.9 Å². The lowest BCUT2D eigenvalue weighted by Crippen LogP contribution is -2.46. The van der Waals surface area contributed by atoms with Gasteiger partial charge in [-0.15, -0.1) is 0 Å². The van der Waals surface area contributed by atoms with Crippen LogP contribution in [0.4, 0.5) is 17.6 Å². The van der Waals surface area contributed by atoms with E-state index in [2.05, 4.69) is 10.1 Å². The topological polar surface area (TPSA) is 44.7 Å². The fourth-order valence-corrected chi connectivity index (χ4v) is 2.44. The number of aliphatic hydroxyl groups is 1. The Labute approximate surface area is 125 Å². The fraction of sp³-hybridized carbons (Fsp3) is 0.571. The smallest absolute Gasteiger partial charge is 0.428 e. The summed E-state index contributed by atoms with van der Waals surface area (Å²) in [4.78, 5) is 1.90. The van der Waals surface area contributed by atoms with Crippen molar-refractivity contribution in [2.45, 2.75) is 18.6 Å². The molecule has 0 aliphatic carbocycles. The molecule has 4 nitrogen and oxygen atoms in total. The van der Waals surface area contributed by atoms with Gasteiger partial charge in [0, 0.05) is 31.7 Å². The molecule has 0 saturated carbocycles. The molecule has 22 heavy (non-hydrogen) atoms. The summed E-state index contributed by atoms with van der Waals surface area (Å²) in [6, 6.07) is 5.14. The van der Waals surface area contributed by atoms with Crippen LogP contribution in [0.15, 0.2) is 24.3 Å². The van der Waals surface area contributed by atoms with Crippen molar-refractivity contribution >= 4 is 0 Å². The third-order valence-electron chi connectivity index (χ3n) is 3.54. The van der Waals surface area contributed by atoms with Gasteiger partial charge in [0.15, 0.2) is 0 Å². The molecule has 0 unspecified atom stereocenters. The molecule has 1 atom stereocenters. The van der Waals surface area contributed by atoms with Gasteiger partial charge in [0.25, 0.3) is 0 Å². The van der Waals surface area contributed by atoms with Gasteiger partial charge in [0.05, 0.1) is 12.6 Å². The number of rotatable bonds is 6. The van der Waals surface area contributed by atoms with E-state index >= 15 is 0 Å². The summed E-state index contributed by atoms with van der Waals surface area (Å²) in [6.07, 6.45) is -8.49. The maximum absolute atomic E-state index is 13.2. The van der Waals surface area contributed by atoms with Crippen molar-refractivity contribution in [1.29, 1.82) is 0 Å². The van der Waals surface area contributed by atoms with Crippen LogP contribution in [0, 0.1) is 0 Å². The van der Waals surface area contributed by atoms with Gasteiger partial charge in [-0.2, -0.15) is 17.6 Å². The Kier molecular flexibility index (Phi) is 5.60. The zero-order valence-electron chi connectivity index (χ0n) is 11.8. The lowest BCUT2D eigenvalue weighted by atomic mass is 10.0. The van der Waals surface area contributed by atoms with Crippen LogP contribution in [0.25, 0.3) is 0 Å². The van der Waals surface area contributed by atoms with Crippen molar-refractivity contribution < 1.29 is 27.4 Å². The molecule has 0 radical (unpaired) electrons. The normalized spacial score (nSPS) is 18.5. The van der Waals surface area contributed by atoms with Gasteiger partial charge >= 0.3 is 12.5 Å². The van der Waals surface area contributed by atoms with Crippen LogP contribution in [0.5, 0.6) is 5.75 Å². The number of hydrogen-bond acceptors (Lipinski definition) is 4. The minimum absolute atomic E-state index is 0.271. The highest BCUT2D eigenvalue weighted by atomic mass is 19.3. The molecule has 1 aromatic rings. The Balaban J connectivity index is 2.25. The predicted octanol–water partition coefficient (Wildman–Crippen LogP) is 1.86. The number of para-hydroxylation sites is 1. The Morgan fingerprint density at radius 2 is 1.86 bits per heavy atom. The zero-order valence-corrected chi connectivity index (χ0v) is 11.8. The Morgan fingerprint density at radius 3 is 2.45 bits per heavy atom. The van der Waals surface area contributed by atoms with Crippen LogP contribution >= 0.6 is 0 Å². The van der Waals surface area contributed by atoms with Crippen molar-refractivity contribution in [1.82, 2.24) is 10.2 Å². The van der Waals surface area contributed by atoms with Gasteiger partial charge in [-0.25, -0.2) is 0 Å². The van der Waals surface area contributed by atoms with Gasteiger partial charge in [-0.1, -0.05) is 18.2 Å². The molecule has 0 spiro atoms. The van der Waals surface area contributed by atoms with E-state index in [1.54, 1.807) is 6.07 Å². The Hall–Kier alpha value is -1.38. The summed E-state index contributed by atoms with van der Waals surface area (Å²) < 4.78 is 55.2. The first kappa shape index (κ1) is 17.0. The van der Waals surface area contributed by atoms with E-state index in [9.17, 15) is 22.7 Å². The molecule has 0 amide bonds. The van der Waals surface area contributed by atoms with Gasteiger partial charge in [-0.05, 0) is 6.07 Å². The molecule has 0 bridgehead atoms. The number of halogens is 4. The molecule has 2 rings (SSSR count). The number of hydrogen-bond donors (Lipinski definition) is 2. The van der Waals surface area contributed by atoms with E-state index in [1.165, 1.54) is 18.2 Å². The summed E-state index contributed by atoms with van der Waals surface area (Å²) in [5.74, 6) is -0.342. The second-order valence-corrected chi connectivity index (χ2v) is 4.99. The van der Waals surface area contributed by atoms with E-state index in [1.807, 2.05) is 4.90 Å². The Bertz CT molecular complexity index is 482.